The zero-order valence-electron chi connectivity index (χ0n) is 14.4. The lowest BCUT2D eigenvalue weighted by Gasteiger charge is -2.05. The molecule has 0 atom stereocenters. The van der Waals surface area contributed by atoms with Crippen LogP contribution in [0, 0.1) is 11.3 Å². The van der Waals surface area contributed by atoms with Crippen molar-refractivity contribution in [3.63, 3.8) is 0 Å². The van der Waals surface area contributed by atoms with E-state index in [9.17, 15) is 0 Å². The predicted molar refractivity (Wildman–Crippen MR) is 109 cm³/mol. The standard InChI is InChI=1S/C20H15ClN4OS/c1-26-16-7-3-6-15-19(16)20(23-18-9-8-17(21)27-18)24-25(15)12-14-5-2-4-13(10-14)11-22/h2-10H,12H2,1H3,(H,23,24). The van der Waals surface area contributed by atoms with Gasteiger partial charge in [-0.25, -0.2) is 0 Å². The molecule has 2 heterocycles. The molecule has 5 nitrogen and oxygen atoms in total. The normalized spacial score (nSPS) is 10.7. The number of nitriles is 1. The topological polar surface area (TPSA) is 62.9 Å². The highest BCUT2D eigenvalue weighted by molar-refractivity contribution is 7.19. The first-order valence-electron chi connectivity index (χ1n) is 8.23. The van der Waals surface area contributed by atoms with Crippen molar-refractivity contribution in [1.29, 1.82) is 5.26 Å². The molecule has 0 amide bonds. The third-order valence-corrected chi connectivity index (χ3v) is 5.31. The van der Waals surface area contributed by atoms with Crippen LogP contribution in [0.2, 0.25) is 4.34 Å². The highest BCUT2D eigenvalue weighted by Gasteiger charge is 2.16. The van der Waals surface area contributed by atoms with Gasteiger partial charge in [-0.05, 0) is 42.0 Å². The van der Waals surface area contributed by atoms with Gasteiger partial charge in [-0.15, -0.1) is 11.3 Å². The molecule has 0 bridgehead atoms. The number of rotatable bonds is 5. The Kier molecular flexibility index (Phi) is 4.71. The van der Waals surface area contributed by atoms with Crippen LogP contribution in [-0.2, 0) is 6.54 Å². The zero-order valence-corrected chi connectivity index (χ0v) is 16.0. The van der Waals surface area contributed by atoms with Crippen LogP contribution in [0.5, 0.6) is 5.75 Å². The van der Waals surface area contributed by atoms with Gasteiger partial charge in [0, 0.05) is 0 Å². The van der Waals surface area contributed by atoms with Gasteiger partial charge in [0.25, 0.3) is 0 Å². The average Bonchev–Trinajstić information content (AvgIpc) is 3.25. The fraction of sp³-hybridized carbons (Fsp3) is 0.100. The van der Waals surface area contributed by atoms with Crippen molar-refractivity contribution >= 4 is 44.7 Å². The Bertz CT molecular complexity index is 1160. The van der Waals surface area contributed by atoms with E-state index in [4.69, 9.17) is 26.7 Å². The number of thiophene rings is 1. The predicted octanol–water partition coefficient (Wildman–Crippen LogP) is 5.42. The maximum Gasteiger partial charge on any atom is 0.164 e. The molecule has 7 heteroatoms. The Morgan fingerprint density at radius 1 is 1.22 bits per heavy atom. The van der Waals surface area contributed by atoms with Gasteiger partial charge in [0.15, 0.2) is 5.82 Å². The van der Waals surface area contributed by atoms with Crippen LogP contribution in [0.3, 0.4) is 0 Å². The summed E-state index contributed by atoms with van der Waals surface area (Å²) < 4.78 is 8.17. The molecule has 134 valence electrons. The maximum absolute atomic E-state index is 9.13. The molecule has 0 aliphatic heterocycles. The van der Waals surface area contributed by atoms with E-state index in [0.29, 0.717) is 22.3 Å². The quantitative estimate of drug-likeness (QED) is 0.490. The van der Waals surface area contributed by atoms with Crippen molar-refractivity contribution in [3.8, 4) is 11.8 Å². The molecule has 0 aliphatic rings. The van der Waals surface area contributed by atoms with Gasteiger partial charge in [0.05, 0.1) is 45.5 Å². The summed E-state index contributed by atoms with van der Waals surface area (Å²) in [5.41, 5.74) is 2.59. The van der Waals surface area contributed by atoms with Gasteiger partial charge >= 0.3 is 0 Å². The second kappa shape index (κ2) is 7.31. The minimum atomic E-state index is 0.548. The highest BCUT2D eigenvalue weighted by atomic mass is 35.5. The van der Waals surface area contributed by atoms with Crippen molar-refractivity contribution < 1.29 is 4.74 Å². The van der Waals surface area contributed by atoms with Crippen LogP contribution < -0.4 is 10.1 Å². The summed E-state index contributed by atoms with van der Waals surface area (Å²) in [5.74, 6) is 1.45. The van der Waals surface area contributed by atoms with Crippen LogP contribution in [0.15, 0.2) is 54.6 Å². The number of nitrogens with one attached hydrogen (secondary N) is 1. The Balaban J connectivity index is 1.80. The Morgan fingerprint density at radius 2 is 2.07 bits per heavy atom. The van der Waals surface area contributed by atoms with Crippen molar-refractivity contribution in [1.82, 2.24) is 9.78 Å². The molecule has 0 unspecified atom stereocenters. The number of methoxy groups -OCH3 is 1. The number of ether oxygens (including phenoxy) is 1. The molecule has 4 rings (SSSR count). The van der Waals surface area contributed by atoms with E-state index in [1.165, 1.54) is 11.3 Å². The number of hydrogen-bond donors (Lipinski definition) is 1. The molecular weight excluding hydrogens is 380 g/mol. The van der Waals surface area contributed by atoms with Crippen LogP contribution in [0.25, 0.3) is 10.9 Å². The van der Waals surface area contributed by atoms with Crippen molar-refractivity contribution in [2.24, 2.45) is 0 Å². The second-order valence-electron chi connectivity index (χ2n) is 5.90. The second-order valence-corrected chi connectivity index (χ2v) is 7.62. The highest BCUT2D eigenvalue weighted by Crippen LogP contribution is 2.36. The number of benzene rings is 2. The Labute approximate surface area is 165 Å². The van der Waals surface area contributed by atoms with E-state index in [2.05, 4.69) is 11.4 Å². The van der Waals surface area contributed by atoms with Gasteiger partial charge in [-0.3, -0.25) is 4.68 Å². The molecule has 0 radical (unpaired) electrons. The average molecular weight is 395 g/mol. The summed E-state index contributed by atoms with van der Waals surface area (Å²) in [5, 5.41) is 19.0. The summed E-state index contributed by atoms with van der Waals surface area (Å²) in [4.78, 5) is 0. The minimum absolute atomic E-state index is 0.548. The van der Waals surface area contributed by atoms with E-state index in [1.807, 2.05) is 53.2 Å². The summed E-state index contributed by atoms with van der Waals surface area (Å²) in [6, 6.07) is 19.3. The molecule has 27 heavy (non-hydrogen) atoms. The number of anilines is 2. The molecule has 4 aromatic rings. The molecule has 1 N–H and O–H groups in total. The number of halogens is 1. The van der Waals surface area contributed by atoms with Crippen LogP contribution in [0.4, 0.5) is 10.8 Å². The van der Waals surface area contributed by atoms with E-state index in [1.54, 1.807) is 13.2 Å². The molecule has 0 spiro atoms. The molecule has 0 aliphatic carbocycles. The number of fused-ring (bicyclic) bond motifs is 1. The largest absolute Gasteiger partial charge is 0.496 e. The zero-order chi connectivity index (χ0) is 18.8. The number of hydrogen-bond acceptors (Lipinski definition) is 5. The first-order chi connectivity index (χ1) is 13.2. The Morgan fingerprint density at radius 3 is 2.81 bits per heavy atom. The van der Waals surface area contributed by atoms with Crippen LogP contribution in [0.1, 0.15) is 11.1 Å². The molecule has 0 saturated carbocycles. The third-order valence-electron chi connectivity index (χ3n) is 4.16. The third kappa shape index (κ3) is 3.47. The van der Waals surface area contributed by atoms with Gasteiger partial charge in [-0.2, -0.15) is 10.4 Å². The smallest absolute Gasteiger partial charge is 0.164 e. The lowest BCUT2D eigenvalue weighted by Crippen LogP contribution is -2.02. The van der Waals surface area contributed by atoms with E-state index < -0.39 is 0 Å². The maximum atomic E-state index is 9.13. The van der Waals surface area contributed by atoms with Gasteiger partial charge in [0.2, 0.25) is 0 Å². The van der Waals surface area contributed by atoms with Crippen molar-refractivity contribution in [2.75, 3.05) is 12.4 Å². The summed E-state index contributed by atoms with van der Waals surface area (Å²) in [6.07, 6.45) is 0. The van der Waals surface area contributed by atoms with Gasteiger partial charge in [-0.1, -0.05) is 29.8 Å². The molecule has 0 fully saturated rings. The molecule has 2 aromatic heterocycles. The summed E-state index contributed by atoms with van der Waals surface area (Å²) in [6.45, 7) is 0.548. The van der Waals surface area contributed by atoms with E-state index >= 15 is 0 Å². The number of aromatic nitrogens is 2. The molecular formula is C20H15ClN4OS. The Hall–Kier alpha value is -3.01. The van der Waals surface area contributed by atoms with Crippen molar-refractivity contribution in [2.45, 2.75) is 6.54 Å². The summed E-state index contributed by atoms with van der Waals surface area (Å²) in [7, 11) is 1.65. The first kappa shape index (κ1) is 17.4. The lowest BCUT2D eigenvalue weighted by molar-refractivity contribution is 0.420. The van der Waals surface area contributed by atoms with Crippen LogP contribution >= 0.6 is 22.9 Å². The monoisotopic (exact) mass is 394 g/mol. The minimum Gasteiger partial charge on any atom is -0.496 e. The lowest BCUT2D eigenvalue weighted by atomic mass is 10.1. The summed E-state index contributed by atoms with van der Waals surface area (Å²) >= 11 is 7.50. The fourth-order valence-corrected chi connectivity index (χ4v) is 3.93. The SMILES string of the molecule is COc1cccc2c1c(Nc1ccc(Cl)s1)nn2Cc1cccc(C#N)c1. The van der Waals surface area contributed by atoms with E-state index in [0.717, 1.165) is 27.2 Å². The molecule has 0 saturated heterocycles. The molecule has 2 aromatic carbocycles. The van der Waals surface area contributed by atoms with Gasteiger partial charge in [0.1, 0.15) is 5.75 Å². The first-order valence-corrected chi connectivity index (χ1v) is 9.42. The van der Waals surface area contributed by atoms with Gasteiger partial charge < -0.3 is 10.1 Å². The fourth-order valence-electron chi connectivity index (χ4n) is 2.99. The number of nitrogens with zero attached hydrogens (tertiary/aromatic N) is 3. The van der Waals surface area contributed by atoms with Crippen LogP contribution in [-0.4, -0.2) is 16.9 Å². The van der Waals surface area contributed by atoms with Crippen molar-refractivity contribution in [3.05, 3.63) is 70.1 Å². The van der Waals surface area contributed by atoms with E-state index in [-0.39, 0.29) is 0 Å².